The third-order valence-corrected chi connectivity index (χ3v) is 2.43. The molecule has 0 radical (unpaired) electrons. The lowest BCUT2D eigenvalue weighted by Gasteiger charge is -2.18. The number of hydrogen-bond donors (Lipinski definition) is 2. The topological polar surface area (TPSA) is 58.4 Å². The molecular weight excluding hydrogens is 228 g/mol. The second-order valence-corrected chi connectivity index (χ2v) is 5.48. The van der Waals surface area contributed by atoms with Crippen molar-refractivity contribution in [1.29, 1.82) is 0 Å². The number of carbonyl (C=O) groups is 1. The van der Waals surface area contributed by atoms with E-state index in [1.807, 2.05) is 28.9 Å². The number of nitrogens with zero attached hydrogens (tertiary/aromatic N) is 2. The number of fused-ring (bicyclic) bond motifs is 1. The molecule has 0 atom stereocenters. The Morgan fingerprint density at radius 1 is 1.39 bits per heavy atom. The third kappa shape index (κ3) is 3.23. The first kappa shape index (κ1) is 12.4. The maximum atomic E-state index is 11.7. The van der Waals surface area contributed by atoms with Gasteiger partial charge in [-0.15, -0.1) is 0 Å². The van der Waals surface area contributed by atoms with E-state index in [4.69, 9.17) is 0 Å². The fourth-order valence-corrected chi connectivity index (χ4v) is 1.51. The van der Waals surface area contributed by atoms with Crippen LogP contribution >= 0.6 is 0 Å². The Morgan fingerprint density at radius 3 is 2.89 bits per heavy atom. The van der Waals surface area contributed by atoms with Crippen molar-refractivity contribution in [2.24, 2.45) is 5.41 Å². The Labute approximate surface area is 106 Å². The molecule has 2 amide bonds. The van der Waals surface area contributed by atoms with Gasteiger partial charge in [0.1, 0.15) is 5.65 Å². The van der Waals surface area contributed by atoms with Gasteiger partial charge in [-0.2, -0.15) is 0 Å². The summed E-state index contributed by atoms with van der Waals surface area (Å²) in [4.78, 5) is 15.8. The van der Waals surface area contributed by atoms with E-state index in [0.717, 1.165) is 11.3 Å². The summed E-state index contributed by atoms with van der Waals surface area (Å²) in [7, 11) is 0. The van der Waals surface area contributed by atoms with Crippen molar-refractivity contribution in [3.05, 3.63) is 30.7 Å². The van der Waals surface area contributed by atoms with Crippen molar-refractivity contribution >= 4 is 17.4 Å². The number of amides is 2. The molecule has 0 spiro atoms. The van der Waals surface area contributed by atoms with E-state index in [2.05, 4.69) is 36.4 Å². The molecule has 2 aromatic heterocycles. The van der Waals surface area contributed by atoms with Gasteiger partial charge in [-0.1, -0.05) is 20.8 Å². The molecule has 2 heterocycles. The first-order valence-electron chi connectivity index (χ1n) is 5.92. The molecule has 0 fully saturated rings. The van der Waals surface area contributed by atoms with Gasteiger partial charge in [-0.05, 0) is 17.5 Å². The fraction of sp³-hybridized carbons (Fsp3) is 0.385. The van der Waals surface area contributed by atoms with Crippen LogP contribution < -0.4 is 10.6 Å². The smallest absolute Gasteiger partial charge is 0.319 e. The van der Waals surface area contributed by atoms with Crippen LogP contribution in [0.15, 0.2) is 30.7 Å². The highest BCUT2D eigenvalue weighted by Crippen LogP contribution is 2.11. The summed E-state index contributed by atoms with van der Waals surface area (Å²) >= 11 is 0. The molecule has 5 heteroatoms. The number of imidazole rings is 1. The Hall–Kier alpha value is -2.04. The first-order valence-corrected chi connectivity index (χ1v) is 5.92. The van der Waals surface area contributed by atoms with Gasteiger partial charge in [0.05, 0.1) is 5.69 Å². The Kier molecular flexibility index (Phi) is 3.23. The van der Waals surface area contributed by atoms with Crippen LogP contribution in [0.25, 0.3) is 5.65 Å². The quantitative estimate of drug-likeness (QED) is 0.855. The SMILES string of the molecule is CC(C)(C)CNC(=O)Nc1ccc2nccn2c1. The largest absolute Gasteiger partial charge is 0.337 e. The molecular formula is C13H18N4O. The molecule has 18 heavy (non-hydrogen) atoms. The van der Waals surface area contributed by atoms with Crippen LogP contribution in [0.1, 0.15) is 20.8 Å². The number of rotatable bonds is 2. The Morgan fingerprint density at radius 2 is 2.17 bits per heavy atom. The van der Waals surface area contributed by atoms with Gasteiger partial charge in [-0.3, -0.25) is 0 Å². The van der Waals surface area contributed by atoms with Gasteiger partial charge in [0.15, 0.2) is 0 Å². The number of urea groups is 1. The summed E-state index contributed by atoms with van der Waals surface area (Å²) in [6, 6.07) is 3.50. The van der Waals surface area contributed by atoms with Gasteiger partial charge in [0.25, 0.3) is 0 Å². The summed E-state index contributed by atoms with van der Waals surface area (Å²) in [5.41, 5.74) is 1.67. The number of hydrogen-bond acceptors (Lipinski definition) is 2. The van der Waals surface area contributed by atoms with Crippen LogP contribution in [0.2, 0.25) is 0 Å². The van der Waals surface area contributed by atoms with Crippen LogP contribution in [0, 0.1) is 5.41 Å². The van der Waals surface area contributed by atoms with Crippen molar-refractivity contribution in [3.8, 4) is 0 Å². The van der Waals surface area contributed by atoms with E-state index < -0.39 is 0 Å². The minimum absolute atomic E-state index is 0.0750. The second kappa shape index (κ2) is 4.68. The maximum Gasteiger partial charge on any atom is 0.319 e. The van der Waals surface area contributed by atoms with E-state index in [9.17, 15) is 4.79 Å². The molecule has 0 saturated heterocycles. The summed E-state index contributed by atoms with van der Waals surface area (Å²) < 4.78 is 1.86. The van der Waals surface area contributed by atoms with Gasteiger partial charge < -0.3 is 15.0 Å². The second-order valence-electron chi connectivity index (χ2n) is 5.48. The van der Waals surface area contributed by atoms with Crippen molar-refractivity contribution < 1.29 is 4.79 Å². The van der Waals surface area contributed by atoms with Crippen molar-refractivity contribution in [3.63, 3.8) is 0 Å². The standard InChI is InChI=1S/C13H18N4O/c1-13(2,3)9-15-12(18)16-10-4-5-11-14-6-7-17(11)8-10/h4-8H,9H2,1-3H3,(H2,15,16,18). The summed E-state index contributed by atoms with van der Waals surface area (Å²) in [5.74, 6) is 0. The number of nitrogens with one attached hydrogen (secondary N) is 2. The number of carbonyl (C=O) groups excluding carboxylic acids is 1. The molecule has 0 saturated carbocycles. The van der Waals surface area contributed by atoms with Gasteiger partial charge >= 0.3 is 6.03 Å². The van der Waals surface area contributed by atoms with Gasteiger partial charge in [0.2, 0.25) is 0 Å². The van der Waals surface area contributed by atoms with Crippen LogP contribution in [-0.4, -0.2) is 22.0 Å². The first-order chi connectivity index (χ1) is 8.44. The third-order valence-electron chi connectivity index (χ3n) is 2.43. The molecule has 2 aromatic rings. The van der Waals surface area contributed by atoms with Crippen LogP contribution in [0.4, 0.5) is 10.5 Å². The molecule has 0 aliphatic heterocycles. The zero-order valence-electron chi connectivity index (χ0n) is 10.9. The van der Waals surface area contributed by atoms with Crippen molar-refractivity contribution in [1.82, 2.24) is 14.7 Å². The van der Waals surface area contributed by atoms with Crippen molar-refractivity contribution in [2.45, 2.75) is 20.8 Å². The molecule has 2 N–H and O–H groups in total. The summed E-state index contributed by atoms with van der Waals surface area (Å²) in [6.45, 7) is 6.85. The van der Waals surface area contributed by atoms with E-state index in [0.29, 0.717) is 6.54 Å². The molecule has 0 bridgehead atoms. The molecule has 2 rings (SSSR count). The summed E-state index contributed by atoms with van der Waals surface area (Å²) in [6.07, 6.45) is 5.39. The van der Waals surface area contributed by atoms with E-state index in [1.165, 1.54) is 0 Å². The summed E-state index contributed by atoms with van der Waals surface area (Å²) in [5, 5.41) is 5.64. The molecule has 0 aliphatic rings. The minimum atomic E-state index is -0.190. The normalized spacial score (nSPS) is 11.5. The zero-order chi connectivity index (χ0) is 13.2. The fourth-order valence-electron chi connectivity index (χ4n) is 1.51. The molecule has 0 aliphatic carbocycles. The molecule has 0 unspecified atom stereocenters. The highest BCUT2D eigenvalue weighted by Gasteiger charge is 2.11. The van der Waals surface area contributed by atoms with Crippen LogP contribution in [0.3, 0.4) is 0 Å². The molecule has 0 aromatic carbocycles. The van der Waals surface area contributed by atoms with Crippen molar-refractivity contribution in [2.75, 3.05) is 11.9 Å². The predicted molar refractivity (Wildman–Crippen MR) is 71.7 cm³/mol. The van der Waals surface area contributed by atoms with E-state index in [1.54, 1.807) is 6.20 Å². The zero-order valence-corrected chi connectivity index (χ0v) is 10.9. The average molecular weight is 246 g/mol. The minimum Gasteiger partial charge on any atom is -0.337 e. The maximum absolute atomic E-state index is 11.7. The lowest BCUT2D eigenvalue weighted by atomic mass is 9.97. The number of pyridine rings is 1. The van der Waals surface area contributed by atoms with E-state index in [-0.39, 0.29) is 11.4 Å². The lowest BCUT2D eigenvalue weighted by molar-refractivity contribution is 0.247. The Bertz CT molecular complexity index is 553. The predicted octanol–water partition coefficient (Wildman–Crippen LogP) is 2.50. The van der Waals surface area contributed by atoms with Gasteiger partial charge in [0, 0.05) is 25.1 Å². The molecule has 5 nitrogen and oxygen atoms in total. The highest BCUT2D eigenvalue weighted by molar-refractivity contribution is 5.89. The molecule has 96 valence electrons. The van der Waals surface area contributed by atoms with Gasteiger partial charge in [-0.25, -0.2) is 9.78 Å². The lowest BCUT2D eigenvalue weighted by Crippen LogP contribution is -2.35. The monoisotopic (exact) mass is 246 g/mol. The van der Waals surface area contributed by atoms with E-state index >= 15 is 0 Å². The number of anilines is 1. The average Bonchev–Trinajstić information content (AvgIpc) is 2.72. The Balaban J connectivity index is 1.98. The van der Waals surface area contributed by atoms with Crippen LogP contribution in [-0.2, 0) is 0 Å². The van der Waals surface area contributed by atoms with Crippen LogP contribution in [0.5, 0.6) is 0 Å². The highest BCUT2D eigenvalue weighted by atomic mass is 16.2. The number of aromatic nitrogens is 2.